The first-order valence-corrected chi connectivity index (χ1v) is 5.78. The lowest BCUT2D eigenvalue weighted by Gasteiger charge is -2.26. The van der Waals surface area contributed by atoms with Gasteiger partial charge in [-0.25, -0.2) is 4.98 Å². The number of rotatable bonds is 4. The van der Waals surface area contributed by atoms with Gasteiger partial charge in [0.05, 0.1) is 6.54 Å². The number of nitrogens with one attached hydrogen (secondary N) is 1. The SMILES string of the molecule is CCn1ccnc1C(=O)CN1CCNCC1. The van der Waals surface area contributed by atoms with E-state index in [1.807, 2.05) is 17.7 Å². The molecule has 16 heavy (non-hydrogen) atoms. The fraction of sp³-hybridized carbons (Fsp3) is 0.636. The molecule has 1 aromatic heterocycles. The highest BCUT2D eigenvalue weighted by atomic mass is 16.1. The van der Waals surface area contributed by atoms with Crippen LogP contribution in [0.5, 0.6) is 0 Å². The Hall–Kier alpha value is -1.20. The van der Waals surface area contributed by atoms with Crippen molar-refractivity contribution >= 4 is 5.78 Å². The summed E-state index contributed by atoms with van der Waals surface area (Å²) in [5.41, 5.74) is 0. The summed E-state index contributed by atoms with van der Waals surface area (Å²) in [4.78, 5) is 18.3. The van der Waals surface area contributed by atoms with E-state index in [0.29, 0.717) is 12.4 Å². The molecule has 1 aromatic rings. The van der Waals surface area contributed by atoms with Crippen LogP contribution in [0.3, 0.4) is 0 Å². The second-order valence-corrected chi connectivity index (χ2v) is 3.99. The second-order valence-electron chi connectivity index (χ2n) is 3.99. The maximum atomic E-state index is 12.0. The Morgan fingerprint density at radius 3 is 2.94 bits per heavy atom. The zero-order chi connectivity index (χ0) is 11.4. The lowest BCUT2D eigenvalue weighted by Crippen LogP contribution is -2.45. The molecule has 88 valence electrons. The number of aryl methyl sites for hydroxylation is 1. The molecule has 0 bridgehead atoms. The number of imidazole rings is 1. The van der Waals surface area contributed by atoms with Crippen molar-refractivity contribution in [2.75, 3.05) is 32.7 Å². The lowest BCUT2D eigenvalue weighted by molar-refractivity contribution is 0.0907. The van der Waals surface area contributed by atoms with Crippen molar-refractivity contribution in [3.8, 4) is 0 Å². The summed E-state index contributed by atoms with van der Waals surface area (Å²) in [6, 6.07) is 0. The van der Waals surface area contributed by atoms with Gasteiger partial charge in [0, 0.05) is 45.1 Å². The van der Waals surface area contributed by atoms with Gasteiger partial charge in [-0.15, -0.1) is 0 Å². The summed E-state index contributed by atoms with van der Waals surface area (Å²) in [6.07, 6.45) is 3.54. The standard InChI is InChI=1S/C11H18N4O/c1-2-15-8-5-13-11(15)10(16)9-14-6-3-12-4-7-14/h5,8,12H,2-4,6-7,9H2,1H3. The van der Waals surface area contributed by atoms with Crippen molar-refractivity contribution in [3.05, 3.63) is 18.2 Å². The van der Waals surface area contributed by atoms with Crippen LogP contribution in [0.15, 0.2) is 12.4 Å². The molecule has 1 saturated heterocycles. The van der Waals surface area contributed by atoms with Crippen molar-refractivity contribution in [2.24, 2.45) is 0 Å². The van der Waals surface area contributed by atoms with Crippen LogP contribution in [-0.2, 0) is 6.54 Å². The molecule has 0 amide bonds. The van der Waals surface area contributed by atoms with Crippen molar-refractivity contribution in [1.82, 2.24) is 19.8 Å². The zero-order valence-corrected chi connectivity index (χ0v) is 9.65. The van der Waals surface area contributed by atoms with Crippen LogP contribution in [0.2, 0.25) is 0 Å². The first-order chi connectivity index (χ1) is 7.81. The Labute approximate surface area is 95.5 Å². The smallest absolute Gasteiger partial charge is 0.212 e. The van der Waals surface area contributed by atoms with E-state index < -0.39 is 0 Å². The van der Waals surface area contributed by atoms with Gasteiger partial charge in [0.1, 0.15) is 0 Å². The first-order valence-electron chi connectivity index (χ1n) is 5.78. The molecule has 0 radical (unpaired) electrons. The molecule has 0 unspecified atom stereocenters. The normalized spacial score (nSPS) is 17.6. The molecule has 2 rings (SSSR count). The van der Waals surface area contributed by atoms with Gasteiger partial charge >= 0.3 is 0 Å². The highest BCUT2D eigenvalue weighted by Crippen LogP contribution is 2.01. The monoisotopic (exact) mass is 222 g/mol. The van der Waals surface area contributed by atoms with Gasteiger partial charge in [-0.2, -0.15) is 0 Å². The molecule has 0 spiro atoms. The number of ketones is 1. The molecule has 1 aliphatic heterocycles. The fourth-order valence-corrected chi connectivity index (χ4v) is 1.96. The van der Waals surface area contributed by atoms with Crippen LogP contribution >= 0.6 is 0 Å². The van der Waals surface area contributed by atoms with Crippen molar-refractivity contribution in [2.45, 2.75) is 13.5 Å². The molecule has 5 nitrogen and oxygen atoms in total. The Kier molecular flexibility index (Phi) is 3.69. The number of hydrogen-bond acceptors (Lipinski definition) is 4. The van der Waals surface area contributed by atoms with E-state index in [0.717, 1.165) is 32.7 Å². The molecule has 1 aliphatic rings. The molecule has 0 aromatic carbocycles. The molecule has 0 saturated carbocycles. The minimum absolute atomic E-state index is 0.119. The number of carbonyl (C=O) groups excluding carboxylic acids is 1. The van der Waals surface area contributed by atoms with E-state index in [2.05, 4.69) is 15.2 Å². The highest BCUT2D eigenvalue weighted by molar-refractivity contribution is 5.94. The topological polar surface area (TPSA) is 50.2 Å². The minimum Gasteiger partial charge on any atom is -0.329 e. The molecule has 2 heterocycles. The molecular weight excluding hydrogens is 204 g/mol. The third-order valence-electron chi connectivity index (χ3n) is 2.88. The summed E-state index contributed by atoms with van der Waals surface area (Å²) in [6.45, 7) is 7.12. The Morgan fingerprint density at radius 2 is 2.25 bits per heavy atom. The van der Waals surface area contributed by atoms with Crippen molar-refractivity contribution in [3.63, 3.8) is 0 Å². The molecule has 5 heteroatoms. The van der Waals surface area contributed by atoms with Gasteiger partial charge in [-0.05, 0) is 6.92 Å². The third-order valence-corrected chi connectivity index (χ3v) is 2.88. The zero-order valence-electron chi connectivity index (χ0n) is 9.65. The van der Waals surface area contributed by atoms with Gasteiger partial charge < -0.3 is 9.88 Å². The van der Waals surface area contributed by atoms with E-state index in [-0.39, 0.29) is 5.78 Å². The van der Waals surface area contributed by atoms with Crippen LogP contribution < -0.4 is 5.32 Å². The molecule has 1 fully saturated rings. The summed E-state index contributed by atoms with van der Waals surface area (Å²) in [7, 11) is 0. The summed E-state index contributed by atoms with van der Waals surface area (Å²) in [5, 5.41) is 3.27. The van der Waals surface area contributed by atoms with E-state index in [1.165, 1.54) is 0 Å². The Balaban J connectivity index is 1.96. The number of Topliss-reactive ketones (excluding diaryl/α,β-unsaturated/α-hetero) is 1. The summed E-state index contributed by atoms with van der Waals surface area (Å²) >= 11 is 0. The van der Waals surface area contributed by atoms with E-state index >= 15 is 0 Å². The van der Waals surface area contributed by atoms with Crippen LogP contribution in [-0.4, -0.2) is 53.0 Å². The van der Waals surface area contributed by atoms with Gasteiger partial charge in [0.25, 0.3) is 0 Å². The minimum atomic E-state index is 0.119. The van der Waals surface area contributed by atoms with Gasteiger partial charge in [0.2, 0.25) is 5.78 Å². The fourth-order valence-electron chi connectivity index (χ4n) is 1.96. The van der Waals surface area contributed by atoms with Crippen molar-refractivity contribution in [1.29, 1.82) is 0 Å². The maximum Gasteiger partial charge on any atom is 0.212 e. The number of nitrogens with zero attached hydrogens (tertiary/aromatic N) is 3. The molecule has 0 atom stereocenters. The van der Waals surface area contributed by atoms with Gasteiger partial charge in [-0.3, -0.25) is 9.69 Å². The van der Waals surface area contributed by atoms with Crippen molar-refractivity contribution < 1.29 is 4.79 Å². The Morgan fingerprint density at radius 1 is 1.50 bits per heavy atom. The maximum absolute atomic E-state index is 12.0. The largest absolute Gasteiger partial charge is 0.329 e. The highest BCUT2D eigenvalue weighted by Gasteiger charge is 2.17. The van der Waals surface area contributed by atoms with E-state index in [4.69, 9.17) is 0 Å². The van der Waals surface area contributed by atoms with Crippen LogP contribution in [0.25, 0.3) is 0 Å². The predicted octanol–water partition coefficient (Wildman–Crippen LogP) is -0.00910. The van der Waals surface area contributed by atoms with Crippen LogP contribution in [0.1, 0.15) is 17.5 Å². The van der Waals surface area contributed by atoms with Crippen LogP contribution in [0, 0.1) is 0 Å². The molecule has 0 aliphatic carbocycles. The number of piperazine rings is 1. The quantitative estimate of drug-likeness (QED) is 0.728. The molecule has 1 N–H and O–H groups in total. The van der Waals surface area contributed by atoms with E-state index in [9.17, 15) is 4.79 Å². The average Bonchev–Trinajstić information content (AvgIpc) is 2.78. The summed E-state index contributed by atoms with van der Waals surface area (Å²) in [5.74, 6) is 0.704. The van der Waals surface area contributed by atoms with Gasteiger partial charge in [0.15, 0.2) is 5.82 Å². The predicted molar refractivity (Wildman–Crippen MR) is 61.5 cm³/mol. The lowest BCUT2D eigenvalue weighted by atomic mass is 10.3. The number of carbonyl (C=O) groups is 1. The van der Waals surface area contributed by atoms with Crippen LogP contribution in [0.4, 0.5) is 0 Å². The Bertz CT molecular complexity index is 355. The molecular formula is C11H18N4O. The number of hydrogen-bond donors (Lipinski definition) is 1. The van der Waals surface area contributed by atoms with E-state index in [1.54, 1.807) is 6.20 Å². The first kappa shape index (κ1) is 11.3. The average molecular weight is 222 g/mol. The van der Waals surface area contributed by atoms with Gasteiger partial charge in [-0.1, -0.05) is 0 Å². The summed E-state index contributed by atoms with van der Waals surface area (Å²) < 4.78 is 1.89. The third kappa shape index (κ3) is 2.48. The second kappa shape index (κ2) is 5.23. The number of aromatic nitrogens is 2.